The van der Waals surface area contributed by atoms with Crippen molar-refractivity contribution in [3.63, 3.8) is 0 Å². The third kappa shape index (κ3) is 0.952. The van der Waals surface area contributed by atoms with Crippen molar-refractivity contribution in [2.75, 3.05) is 0 Å². The van der Waals surface area contributed by atoms with Crippen molar-refractivity contribution in [2.24, 2.45) is 5.41 Å². The predicted molar refractivity (Wildman–Crippen MR) is 42.8 cm³/mol. The van der Waals surface area contributed by atoms with E-state index in [9.17, 15) is 4.79 Å². The molecular weight excluding hydrogens is 227 g/mol. The van der Waals surface area contributed by atoms with Gasteiger partial charge in [0.05, 0.1) is 5.41 Å². The average Bonchev–Trinajstić information content (AvgIpc) is 1.82. The molecule has 3 heteroatoms. The van der Waals surface area contributed by atoms with Gasteiger partial charge in [0.15, 0.2) is 0 Å². The molecule has 0 amide bonds. The number of aliphatic carboxylic acids is 1. The molecule has 0 aromatic carbocycles. The highest BCUT2D eigenvalue weighted by molar-refractivity contribution is 14.1. The van der Waals surface area contributed by atoms with Gasteiger partial charge in [-0.3, -0.25) is 4.79 Å². The zero-order valence-corrected chi connectivity index (χ0v) is 7.38. The predicted octanol–water partition coefficient (Wildman–Crippen LogP) is 1.67. The number of hydrogen-bond acceptors (Lipinski definition) is 1. The molecule has 0 saturated heterocycles. The van der Waals surface area contributed by atoms with Crippen LogP contribution in [-0.4, -0.2) is 15.0 Å². The highest BCUT2D eigenvalue weighted by Gasteiger charge is 2.47. The first-order valence-electron chi connectivity index (χ1n) is 2.95. The van der Waals surface area contributed by atoms with Gasteiger partial charge < -0.3 is 5.11 Å². The van der Waals surface area contributed by atoms with Gasteiger partial charge in [-0.05, 0) is 19.8 Å². The van der Waals surface area contributed by atoms with Crippen molar-refractivity contribution < 1.29 is 9.90 Å². The second kappa shape index (κ2) is 2.11. The molecule has 2 nitrogen and oxygen atoms in total. The quantitative estimate of drug-likeness (QED) is 0.555. The molecule has 0 aliphatic heterocycles. The Balaban J connectivity index is 2.64. The van der Waals surface area contributed by atoms with Gasteiger partial charge in [0, 0.05) is 3.92 Å². The van der Waals surface area contributed by atoms with Crippen molar-refractivity contribution >= 4 is 28.6 Å². The van der Waals surface area contributed by atoms with Crippen LogP contribution >= 0.6 is 22.6 Å². The van der Waals surface area contributed by atoms with Gasteiger partial charge in [0.25, 0.3) is 0 Å². The maximum absolute atomic E-state index is 10.5. The lowest BCUT2D eigenvalue weighted by Gasteiger charge is -2.39. The number of rotatable bonds is 1. The lowest BCUT2D eigenvalue weighted by atomic mass is 9.70. The normalized spacial score (nSPS) is 41.8. The fraction of sp³-hybridized carbons (Fsp3) is 0.833. The maximum atomic E-state index is 10.5. The molecule has 1 N–H and O–H groups in total. The van der Waals surface area contributed by atoms with Gasteiger partial charge >= 0.3 is 5.97 Å². The summed E-state index contributed by atoms with van der Waals surface area (Å²) in [7, 11) is 0. The molecule has 52 valence electrons. The molecular formula is C6H9IO2. The molecule has 0 aromatic heterocycles. The summed E-state index contributed by atoms with van der Waals surface area (Å²) in [6, 6.07) is 0. The van der Waals surface area contributed by atoms with Crippen LogP contribution in [0.4, 0.5) is 0 Å². The van der Waals surface area contributed by atoms with Crippen LogP contribution in [0.1, 0.15) is 19.8 Å². The summed E-state index contributed by atoms with van der Waals surface area (Å²) >= 11 is 2.21. The third-order valence-corrected chi connectivity index (χ3v) is 4.09. The SMILES string of the molecule is C[C@@]1(C(=O)O)CCC1[123I]. The Morgan fingerprint density at radius 3 is 2.44 bits per heavy atom. The van der Waals surface area contributed by atoms with Crippen molar-refractivity contribution in [3.8, 4) is 0 Å². The largest absolute Gasteiger partial charge is 0.481 e. The van der Waals surface area contributed by atoms with Crippen LogP contribution in [0.3, 0.4) is 0 Å². The van der Waals surface area contributed by atoms with Gasteiger partial charge in [-0.15, -0.1) is 0 Å². The summed E-state index contributed by atoms with van der Waals surface area (Å²) in [5, 5.41) is 8.66. The summed E-state index contributed by atoms with van der Waals surface area (Å²) in [6.45, 7) is 1.82. The molecule has 9 heavy (non-hydrogen) atoms. The number of halogens is 1. The monoisotopic (exact) mass is 236 g/mol. The minimum absolute atomic E-state index is 0.340. The van der Waals surface area contributed by atoms with E-state index in [2.05, 4.69) is 22.6 Å². The molecule has 1 aliphatic rings. The number of carbonyl (C=O) groups is 1. The van der Waals surface area contributed by atoms with Gasteiger partial charge in [0.1, 0.15) is 0 Å². The Kier molecular flexibility index (Phi) is 1.71. The van der Waals surface area contributed by atoms with Crippen LogP contribution in [0.2, 0.25) is 0 Å². The molecule has 0 bridgehead atoms. The summed E-state index contributed by atoms with van der Waals surface area (Å²) < 4.78 is 0.340. The number of carboxylic acids is 1. The maximum Gasteiger partial charge on any atom is 0.310 e. The van der Waals surface area contributed by atoms with Crippen LogP contribution in [0.25, 0.3) is 0 Å². The molecule has 1 unspecified atom stereocenters. The van der Waals surface area contributed by atoms with E-state index < -0.39 is 11.4 Å². The Morgan fingerprint density at radius 2 is 2.44 bits per heavy atom. The molecule has 1 saturated carbocycles. The fourth-order valence-electron chi connectivity index (χ4n) is 0.927. The summed E-state index contributed by atoms with van der Waals surface area (Å²) in [5.41, 5.74) is -0.416. The second-order valence-electron chi connectivity index (χ2n) is 2.73. The molecule has 0 aromatic rings. The highest BCUT2D eigenvalue weighted by atomic mass is 123. The van der Waals surface area contributed by atoms with Crippen molar-refractivity contribution in [3.05, 3.63) is 0 Å². The Bertz CT molecular complexity index is 146. The number of hydrogen-bond donors (Lipinski definition) is 1. The van der Waals surface area contributed by atoms with Crippen LogP contribution in [0.5, 0.6) is 0 Å². The zero-order chi connectivity index (χ0) is 7.07. The first-order valence-corrected chi connectivity index (χ1v) is 4.19. The molecule has 1 rings (SSSR count). The van der Waals surface area contributed by atoms with E-state index in [4.69, 9.17) is 5.11 Å². The Hall–Kier alpha value is 0.200. The zero-order valence-electron chi connectivity index (χ0n) is 5.22. The number of alkyl halides is 1. The van der Waals surface area contributed by atoms with E-state index >= 15 is 0 Å². The lowest BCUT2D eigenvalue weighted by molar-refractivity contribution is -0.151. The summed E-state index contributed by atoms with van der Waals surface area (Å²) in [5.74, 6) is -0.645. The summed E-state index contributed by atoms with van der Waals surface area (Å²) in [4.78, 5) is 10.5. The molecule has 1 fully saturated rings. The van der Waals surface area contributed by atoms with Gasteiger partial charge in [0.2, 0.25) is 0 Å². The second-order valence-corrected chi connectivity index (χ2v) is 4.23. The molecule has 0 heterocycles. The third-order valence-electron chi connectivity index (χ3n) is 2.10. The van der Waals surface area contributed by atoms with E-state index in [1.165, 1.54) is 0 Å². The molecule has 0 spiro atoms. The molecule has 1 aliphatic carbocycles. The first-order chi connectivity index (χ1) is 4.07. The molecule has 0 radical (unpaired) electrons. The van der Waals surface area contributed by atoms with Gasteiger partial charge in [-0.2, -0.15) is 0 Å². The van der Waals surface area contributed by atoms with E-state index in [-0.39, 0.29) is 0 Å². The lowest BCUT2D eigenvalue weighted by Crippen LogP contribution is -2.44. The van der Waals surface area contributed by atoms with Crippen LogP contribution < -0.4 is 0 Å². The molecule has 2 atom stereocenters. The van der Waals surface area contributed by atoms with E-state index in [0.717, 1.165) is 12.8 Å². The van der Waals surface area contributed by atoms with Crippen molar-refractivity contribution in [1.29, 1.82) is 0 Å². The average molecular weight is 236 g/mol. The van der Waals surface area contributed by atoms with Crippen molar-refractivity contribution in [2.45, 2.75) is 23.7 Å². The summed E-state index contributed by atoms with van der Waals surface area (Å²) in [6.07, 6.45) is 1.90. The van der Waals surface area contributed by atoms with E-state index in [1.807, 2.05) is 6.92 Å². The Morgan fingerprint density at radius 1 is 1.89 bits per heavy atom. The number of carboxylic acid groups (broad SMARTS) is 1. The van der Waals surface area contributed by atoms with Crippen molar-refractivity contribution in [1.82, 2.24) is 0 Å². The van der Waals surface area contributed by atoms with Crippen LogP contribution in [-0.2, 0) is 4.79 Å². The van der Waals surface area contributed by atoms with Gasteiger partial charge in [-0.25, -0.2) is 0 Å². The topological polar surface area (TPSA) is 37.3 Å². The highest BCUT2D eigenvalue weighted by Crippen LogP contribution is 2.45. The fourth-order valence-corrected chi connectivity index (χ4v) is 1.82. The minimum atomic E-state index is -0.645. The minimum Gasteiger partial charge on any atom is -0.481 e. The first kappa shape index (κ1) is 7.31. The van der Waals surface area contributed by atoms with Gasteiger partial charge in [-0.1, -0.05) is 22.6 Å². The van der Waals surface area contributed by atoms with Crippen LogP contribution in [0.15, 0.2) is 0 Å². The van der Waals surface area contributed by atoms with Crippen LogP contribution in [0, 0.1) is 5.41 Å². The van der Waals surface area contributed by atoms with E-state index in [1.54, 1.807) is 0 Å². The smallest absolute Gasteiger partial charge is 0.310 e. The Labute approximate surface area is 67.8 Å². The van der Waals surface area contributed by atoms with E-state index in [0.29, 0.717) is 3.92 Å². The standard InChI is InChI=1S/C6H9IO2/c1-6(5(8)9)3-2-4(6)7/h4H,2-3H2,1H3,(H,8,9)/t4?,6-/m1/s1/i7-4.